The third-order valence-electron chi connectivity index (χ3n) is 4.47. The smallest absolute Gasteiger partial charge is 0.251 e. The van der Waals surface area contributed by atoms with Crippen LogP contribution in [0.15, 0.2) is 42.5 Å². The molecular formula is C23H29N3O3. The average Bonchev–Trinajstić information content (AvgIpc) is 2.63. The molecule has 3 amide bonds. The Balaban J connectivity index is 1.83. The second-order valence-electron chi connectivity index (χ2n) is 8.09. The molecule has 6 nitrogen and oxygen atoms in total. The van der Waals surface area contributed by atoms with Gasteiger partial charge in [0.15, 0.2) is 0 Å². The van der Waals surface area contributed by atoms with Crippen LogP contribution in [0.2, 0.25) is 0 Å². The molecule has 0 aliphatic carbocycles. The van der Waals surface area contributed by atoms with E-state index in [9.17, 15) is 14.4 Å². The van der Waals surface area contributed by atoms with Gasteiger partial charge in [-0.25, -0.2) is 0 Å². The van der Waals surface area contributed by atoms with Gasteiger partial charge in [0.2, 0.25) is 11.8 Å². The van der Waals surface area contributed by atoms with E-state index >= 15 is 0 Å². The Hall–Kier alpha value is -3.15. The zero-order valence-electron chi connectivity index (χ0n) is 17.7. The summed E-state index contributed by atoms with van der Waals surface area (Å²) in [5.41, 5.74) is 3.97. The van der Waals surface area contributed by atoms with E-state index in [4.69, 9.17) is 0 Å². The summed E-state index contributed by atoms with van der Waals surface area (Å²) in [6.07, 6.45) is 0.165. The van der Waals surface area contributed by atoms with Crippen molar-refractivity contribution in [1.29, 1.82) is 0 Å². The van der Waals surface area contributed by atoms with E-state index < -0.39 is 0 Å². The molecule has 0 saturated heterocycles. The van der Waals surface area contributed by atoms with E-state index in [2.05, 4.69) is 36.7 Å². The van der Waals surface area contributed by atoms with Crippen molar-refractivity contribution in [3.8, 4) is 0 Å². The number of benzene rings is 2. The lowest BCUT2D eigenvalue weighted by molar-refractivity contribution is -0.116. The number of carbonyl (C=O) groups is 3. The average molecular weight is 396 g/mol. The monoisotopic (exact) mass is 395 g/mol. The third-order valence-corrected chi connectivity index (χ3v) is 4.47. The topological polar surface area (TPSA) is 87.3 Å². The van der Waals surface area contributed by atoms with Gasteiger partial charge in [0.25, 0.3) is 5.91 Å². The molecule has 0 aliphatic rings. The highest BCUT2D eigenvalue weighted by Crippen LogP contribution is 2.22. The number of rotatable bonds is 6. The lowest BCUT2D eigenvalue weighted by atomic mass is 9.87. The van der Waals surface area contributed by atoms with Crippen LogP contribution in [0.5, 0.6) is 0 Å². The highest BCUT2D eigenvalue weighted by Gasteiger charge is 2.14. The van der Waals surface area contributed by atoms with Gasteiger partial charge in [-0.2, -0.15) is 0 Å². The summed E-state index contributed by atoms with van der Waals surface area (Å²) in [5.74, 6) is -0.539. The lowest BCUT2D eigenvalue weighted by Gasteiger charge is -2.19. The van der Waals surface area contributed by atoms with Gasteiger partial charge in [-0.3, -0.25) is 14.4 Å². The molecular weight excluding hydrogens is 366 g/mol. The Morgan fingerprint density at radius 1 is 0.931 bits per heavy atom. The minimum absolute atomic E-state index is 0.0335. The van der Waals surface area contributed by atoms with Gasteiger partial charge in [-0.05, 0) is 53.8 Å². The minimum atomic E-state index is -0.200. The van der Waals surface area contributed by atoms with Gasteiger partial charge in [0.1, 0.15) is 0 Å². The van der Waals surface area contributed by atoms with E-state index in [0.717, 1.165) is 11.1 Å². The molecule has 0 spiro atoms. The van der Waals surface area contributed by atoms with Crippen LogP contribution in [0.1, 0.15) is 55.6 Å². The number of nitrogens with one attached hydrogen (secondary N) is 3. The highest BCUT2D eigenvalue weighted by atomic mass is 16.2. The fraction of sp³-hybridized carbons (Fsp3) is 0.348. The van der Waals surface area contributed by atoms with Gasteiger partial charge in [-0.15, -0.1) is 0 Å². The van der Waals surface area contributed by atoms with Crippen molar-refractivity contribution < 1.29 is 14.4 Å². The lowest BCUT2D eigenvalue weighted by Crippen LogP contribution is -2.27. The molecule has 0 fully saturated rings. The quantitative estimate of drug-likeness (QED) is 0.691. The molecule has 2 aromatic rings. The molecule has 6 heteroatoms. The Labute approximate surface area is 172 Å². The van der Waals surface area contributed by atoms with Crippen molar-refractivity contribution in [2.45, 2.75) is 46.5 Å². The second-order valence-corrected chi connectivity index (χ2v) is 8.09. The largest absolute Gasteiger partial charge is 0.352 e. The van der Waals surface area contributed by atoms with Gasteiger partial charge in [0, 0.05) is 36.8 Å². The number of hydrogen-bond acceptors (Lipinski definition) is 3. The van der Waals surface area contributed by atoms with Crippen LogP contribution in [-0.4, -0.2) is 24.3 Å². The molecule has 0 radical (unpaired) electrons. The van der Waals surface area contributed by atoms with Crippen molar-refractivity contribution in [3.05, 3.63) is 59.2 Å². The van der Waals surface area contributed by atoms with E-state index in [-0.39, 0.29) is 36.1 Å². The maximum Gasteiger partial charge on any atom is 0.251 e. The van der Waals surface area contributed by atoms with Crippen LogP contribution < -0.4 is 16.0 Å². The van der Waals surface area contributed by atoms with Crippen LogP contribution >= 0.6 is 0 Å². The first-order valence-corrected chi connectivity index (χ1v) is 9.63. The van der Waals surface area contributed by atoms with Crippen molar-refractivity contribution >= 4 is 29.1 Å². The Morgan fingerprint density at radius 3 is 2.14 bits per heavy atom. The molecule has 154 valence electrons. The van der Waals surface area contributed by atoms with Crippen LogP contribution in [0.4, 0.5) is 11.4 Å². The van der Waals surface area contributed by atoms with E-state index in [0.29, 0.717) is 16.9 Å². The van der Waals surface area contributed by atoms with E-state index in [1.165, 1.54) is 6.92 Å². The molecule has 2 rings (SSSR count). The van der Waals surface area contributed by atoms with Crippen LogP contribution in [-0.2, 0) is 15.0 Å². The maximum absolute atomic E-state index is 12.2. The molecule has 2 aromatic carbocycles. The number of carbonyl (C=O) groups excluding carboxylic acids is 3. The van der Waals surface area contributed by atoms with Crippen molar-refractivity contribution in [2.24, 2.45) is 0 Å². The molecule has 0 bridgehead atoms. The van der Waals surface area contributed by atoms with Crippen molar-refractivity contribution in [2.75, 3.05) is 17.2 Å². The number of amides is 3. The van der Waals surface area contributed by atoms with Crippen LogP contribution in [0.3, 0.4) is 0 Å². The number of anilines is 2. The van der Waals surface area contributed by atoms with Gasteiger partial charge in [-0.1, -0.05) is 32.9 Å². The van der Waals surface area contributed by atoms with Crippen molar-refractivity contribution in [1.82, 2.24) is 5.32 Å². The summed E-state index contributed by atoms with van der Waals surface area (Å²) in [6, 6.07) is 12.8. The predicted octanol–water partition coefficient (Wildman–Crippen LogP) is 4.01. The fourth-order valence-electron chi connectivity index (χ4n) is 2.81. The van der Waals surface area contributed by atoms with Gasteiger partial charge in [0.05, 0.1) is 0 Å². The first-order chi connectivity index (χ1) is 13.6. The summed E-state index contributed by atoms with van der Waals surface area (Å²) < 4.78 is 0. The Morgan fingerprint density at radius 2 is 1.59 bits per heavy atom. The summed E-state index contributed by atoms with van der Waals surface area (Å²) in [5, 5.41) is 8.29. The molecule has 0 atom stereocenters. The first kappa shape index (κ1) is 22.1. The van der Waals surface area contributed by atoms with Gasteiger partial charge < -0.3 is 16.0 Å². The van der Waals surface area contributed by atoms with Crippen LogP contribution in [0, 0.1) is 6.92 Å². The number of aryl methyl sites for hydroxylation is 1. The predicted molar refractivity (Wildman–Crippen MR) is 116 cm³/mol. The summed E-state index contributed by atoms with van der Waals surface area (Å²) >= 11 is 0. The molecule has 3 N–H and O–H groups in total. The second kappa shape index (κ2) is 9.37. The third kappa shape index (κ3) is 6.75. The Kier molecular flexibility index (Phi) is 7.15. The summed E-state index contributed by atoms with van der Waals surface area (Å²) in [6.45, 7) is 9.91. The van der Waals surface area contributed by atoms with Crippen LogP contribution in [0.25, 0.3) is 0 Å². The van der Waals surface area contributed by atoms with Gasteiger partial charge >= 0.3 is 0 Å². The fourth-order valence-corrected chi connectivity index (χ4v) is 2.81. The zero-order chi connectivity index (χ0) is 21.6. The normalized spacial score (nSPS) is 10.9. The van der Waals surface area contributed by atoms with Crippen molar-refractivity contribution in [3.63, 3.8) is 0 Å². The summed E-state index contributed by atoms with van der Waals surface area (Å²) in [7, 11) is 0. The molecule has 0 aliphatic heterocycles. The molecule has 29 heavy (non-hydrogen) atoms. The van der Waals surface area contributed by atoms with E-state index in [1.807, 2.05) is 19.1 Å². The molecule has 0 heterocycles. The standard InChI is InChI=1S/C23H29N3O3/c1-15-14-19(10-11-20(15)25-16(2)27)26-21(28)12-13-24-22(29)17-6-8-18(9-7-17)23(3,4)5/h6-11,14H,12-13H2,1-5H3,(H,24,29)(H,25,27)(H,26,28). The minimum Gasteiger partial charge on any atom is -0.352 e. The number of hydrogen-bond donors (Lipinski definition) is 3. The first-order valence-electron chi connectivity index (χ1n) is 9.63. The Bertz CT molecular complexity index is 897. The molecule has 0 unspecified atom stereocenters. The molecule has 0 saturated carbocycles. The molecule has 0 aromatic heterocycles. The maximum atomic E-state index is 12.2. The summed E-state index contributed by atoms with van der Waals surface area (Å²) in [4.78, 5) is 35.5. The highest BCUT2D eigenvalue weighted by molar-refractivity contribution is 5.95. The SMILES string of the molecule is CC(=O)Nc1ccc(NC(=O)CCNC(=O)c2ccc(C(C)(C)C)cc2)cc1C. The zero-order valence-corrected chi connectivity index (χ0v) is 17.7. The van der Waals surface area contributed by atoms with E-state index in [1.54, 1.807) is 30.3 Å².